The van der Waals surface area contributed by atoms with Gasteiger partial charge in [-0.1, -0.05) is 24.3 Å². The number of nitrogens with zero attached hydrogens (tertiary/aromatic N) is 3. The average molecular weight is 608 g/mol. The summed E-state index contributed by atoms with van der Waals surface area (Å²) in [6, 6.07) is 12.6. The Bertz CT molecular complexity index is 1550. The fraction of sp³-hybridized carbons (Fsp3) is 0.455. The molecule has 2 N–H and O–H groups in total. The van der Waals surface area contributed by atoms with Gasteiger partial charge in [-0.3, -0.25) is 9.59 Å². The molecule has 0 radical (unpaired) electrons. The molecule has 228 valence electrons. The monoisotopic (exact) mass is 607 g/mol. The molecule has 0 aromatic heterocycles. The fourth-order valence-electron chi connectivity index (χ4n) is 6.86. The Morgan fingerprint density at radius 1 is 1.07 bits per heavy atom. The van der Waals surface area contributed by atoms with E-state index in [2.05, 4.69) is 0 Å². The summed E-state index contributed by atoms with van der Waals surface area (Å²) in [4.78, 5) is 31.8. The number of aromatic hydroxyl groups is 1. The van der Waals surface area contributed by atoms with Gasteiger partial charge in [0.1, 0.15) is 12.0 Å². The number of aliphatic hydroxyl groups excluding tert-OH is 1. The first-order valence-electron chi connectivity index (χ1n) is 15.0. The summed E-state index contributed by atoms with van der Waals surface area (Å²) in [5.74, 6) is 1.48. The molecular formula is C33H38ClN3O6. The first-order chi connectivity index (χ1) is 20.8. The summed E-state index contributed by atoms with van der Waals surface area (Å²) in [6.45, 7) is 1.56. The highest BCUT2D eigenvalue weighted by molar-refractivity contribution is 6.19. The van der Waals surface area contributed by atoms with E-state index < -0.39 is 6.23 Å². The molecule has 0 spiro atoms. The number of carbonyl (C=O) groups excluding carboxylic acids is 2. The summed E-state index contributed by atoms with van der Waals surface area (Å²) in [7, 11) is 3.34. The number of amides is 2. The quantitative estimate of drug-likeness (QED) is 0.253. The van der Waals surface area contributed by atoms with Crippen LogP contribution in [-0.4, -0.2) is 78.9 Å². The van der Waals surface area contributed by atoms with Crippen LogP contribution in [0.5, 0.6) is 17.2 Å². The lowest BCUT2D eigenvalue weighted by molar-refractivity contribution is -0.118. The Kier molecular flexibility index (Phi) is 8.29. The van der Waals surface area contributed by atoms with Crippen LogP contribution in [0.2, 0.25) is 0 Å². The van der Waals surface area contributed by atoms with Crippen molar-refractivity contribution < 1.29 is 29.3 Å². The second-order valence-electron chi connectivity index (χ2n) is 11.6. The zero-order chi connectivity index (χ0) is 30.2. The van der Waals surface area contributed by atoms with Gasteiger partial charge in [0.25, 0.3) is 5.91 Å². The van der Waals surface area contributed by atoms with Gasteiger partial charge < -0.3 is 34.4 Å². The van der Waals surface area contributed by atoms with Crippen LogP contribution < -0.4 is 19.3 Å². The highest BCUT2D eigenvalue weighted by Crippen LogP contribution is 2.45. The molecule has 1 saturated heterocycles. The second-order valence-corrected chi connectivity index (χ2v) is 12.0. The highest BCUT2D eigenvalue weighted by Gasteiger charge is 2.41. The van der Waals surface area contributed by atoms with Crippen molar-refractivity contribution in [2.24, 2.45) is 0 Å². The van der Waals surface area contributed by atoms with E-state index in [1.165, 1.54) is 0 Å². The number of rotatable bonds is 9. The van der Waals surface area contributed by atoms with Gasteiger partial charge in [-0.05, 0) is 49.1 Å². The van der Waals surface area contributed by atoms with Gasteiger partial charge in [0.2, 0.25) is 5.91 Å². The van der Waals surface area contributed by atoms with Crippen molar-refractivity contribution >= 4 is 45.6 Å². The molecule has 6 rings (SSSR count). The minimum atomic E-state index is -0.795. The maximum absolute atomic E-state index is 13.3. The smallest absolute Gasteiger partial charge is 0.256 e. The van der Waals surface area contributed by atoms with Crippen molar-refractivity contribution in [3.05, 3.63) is 53.6 Å². The van der Waals surface area contributed by atoms with E-state index in [-0.39, 0.29) is 29.5 Å². The lowest BCUT2D eigenvalue weighted by Crippen LogP contribution is -2.47. The van der Waals surface area contributed by atoms with Gasteiger partial charge in [-0.2, -0.15) is 0 Å². The number of ether oxygens (including phenoxy) is 2. The summed E-state index contributed by atoms with van der Waals surface area (Å²) in [5.41, 5.74) is 2.89. The number of halogens is 1. The molecular weight excluding hydrogens is 570 g/mol. The van der Waals surface area contributed by atoms with E-state index in [0.717, 1.165) is 47.7 Å². The first-order valence-corrected chi connectivity index (χ1v) is 15.5. The minimum absolute atomic E-state index is 0.0163. The Balaban J connectivity index is 1.06. The van der Waals surface area contributed by atoms with Crippen molar-refractivity contribution in [2.75, 3.05) is 49.5 Å². The third-order valence-corrected chi connectivity index (χ3v) is 9.49. The lowest BCUT2D eigenvalue weighted by Gasteiger charge is -2.31. The van der Waals surface area contributed by atoms with Crippen molar-refractivity contribution in [1.82, 2.24) is 4.90 Å². The van der Waals surface area contributed by atoms with E-state index in [0.29, 0.717) is 61.2 Å². The van der Waals surface area contributed by atoms with E-state index in [4.69, 9.17) is 21.1 Å². The topological polar surface area (TPSA) is 103 Å². The average Bonchev–Trinajstić information content (AvgIpc) is 3.65. The third kappa shape index (κ3) is 5.23. The van der Waals surface area contributed by atoms with Crippen LogP contribution in [-0.2, 0) is 4.79 Å². The Morgan fingerprint density at radius 3 is 2.63 bits per heavy atom. The zero-order valence-electron chi connectivity index (χ0n) is 24.6. The van der Waals surface area contributed by atoms with E-state index >= 15 is 0 Å². The molecule has 0 aliphatic carbocycles. The molecule has 3 aliphatic rings. The van der Waals surface area contributed by atoms with E-state index in [1.807, 2.05) is 24.3 Å². The Labute approximate surface area is 256 Å². The molecule has 0 saturated carbocycles. The highest BCUT2D eigenvalue weighted by atomic mass is 35.5. The zero-order valence-corrected chi connectivity index (χ0v) is 25.3. The molecule has 3 atom stereocenters. The molecule has 3 aliphatic heterocycles. The van der Waals surface area contributed by atoms with Crippen LogP contribution in [0, 0.1) is 0 Å². The number of likely N-dealkylation sites (N-methyl/N-ethyl adjacent to an activating group) is 1. The number of phenolic OH excluding ortho intramolecular Hbond substituents is 1. The van der Waals surface area contributed by atoms with Gasteiger partial charge in [0, 0.05) is 55.9 Å². The number of carbonyl (C=O) groups is 2. The molecule has 2 amide bonds. The van der Waals surface area contributed by atoms with Crippen LogP contribution in [0.15, 0.2) is 42.5 Å². The van der Waals surface area contributed by atoms with Gasteiger partial charge >= 0.3 is 0 Å². The molecule has 3 heterocycles. The number of hydrogen-bond donors (Lipinski definition) is 2. The second kappa shape index (κ2) is 12.1. The molecule has 43 heavy (non-hydrogen) atoms. The van der Waals surface area contributed by atoms with Crippen molar-refractivity contribution in [3.63, 3.8) is 0 Å². The van der Waals surface area contributed by atoms with Crippen molar-refractivity contribution in [1.29, 1.82) is 0 Å². The first kappa shape index (κ1) is 29.4. The summed E-state index contributed by atoms with van der Waals surface area (Å²) >= 11 is 6.31. The Morgan fingerprint density at radius 2 is 1.86 bits per heavy atom. The normalized spacial score (nSPS) is 21.1. The lowest BCUT2D eigenvalue weighted by atomic mass is 9.95. The maximum atomic E-state index is 13.3. The van der Waals surface area contributed by atoms with E-state index in [1.54, 1.807) is 47.1 Å². The molecule has 3 aromatic rings. The van der Waals surface area contributed by atoms with Crippen molar-refractivity contribution in [2.45, 2.75) is 56.7 Å². The van der Waals surface area contributed by atoms with Crippen molar-refractivity contribution in [3.8, 4) is 17.2 Å². The number of phenols is 1. The van der Waals surface area contributed by atoms with Crippen LogP contribution in [0.1, 0.15) is 60.4 Å². The summed E-state index contributed by atoms with van der Waals surface area (Å²) in [5, 5.41) is 23.3. The standard InChI is InChI=1S/C33H38ClN3O6/c1-35-25-17-29(28(42-2)15-23(25)32(40)36-13-8-11-24(36)33(35)41)43-14-7-3-4-12-30(39)37-19-20(18-34)31-22-10-6-5-9-21(22)27(38)16-26(31)37/h5-6,9-10,15-17,20,24,33,38,41H,3-4,7-8,11-14,18-19H2,1-2H3/t20-,24+,33?/m1/s1. The van der Waals surface area contributed by atoms with Crippen LogP contribution in [0.4, 0.5) is 11.4 Å². The molecule has 9 nitrogen and oxygen atoms in total. The maximum Gasteiger partial charge on any atom is 0.256 e. The summed E-state index contributed by atoms with van der Waals surface area (Å²) in [6.07, 6.45) is 3.44. The molecule has 1 unspecified atom stereocenters. The number of benzene rings is 3. The molecule has 1 fully saturated rings. The minimum Gasteiger partial charge on any atom is -0.507 e. The number of aliphatic hydroxyl groups is 1. The number of unbranched alkanes of at least 4 members (excludes halogenated alkanes) is 2. The number of hydrogen-bond acceptors (Lipinski definition) is 7. The van der Waals surface area contributed by atoms with Gasteiger partial charge in [-0.15, -0.1) is 11.6 Å². The number of fused-ring (bicyclic) bond motifs is 5. The van der Waals surface area contributed by atoms with Gasteiger partial charge in [0.15, 0.2) is 11.5 Å². The van der Waals surface area contributed by atoms with Crippen LogP contribution >= 0.6 is 11.6 Å². The summed E-state index contributed by atoms with van der Waals surface area (Å²) < 4.78 is 11.7. The predicted molar refractivity (Wildman–Crippen MR) is 167 cm³/mol. The number of anilines is 2. The van der Waals surface area contributed by atoms with E-state index in [9.17, 15) is 19.8 Å². The largest absolute Gasteiger partial charge is 0.507 e. The number of methoxy groups -OCH3 is 1. The molecule has 0 bridgehead atoms. The Hall–Kier alpha value is -3.69. The fourth-order valence-corrected chi connectivity index (χ4v) is 7.11. The number of alkyl halides is 1. The third-order valence-electron chi connectivity index (χ3n) is 9.12. The van der Waals surface area contributed by atoms with Crippen LogP contribution in [0.25, 0.3) is 10.8 Å². The van der Waals surface area contributed by atoms with Gasteiger partial charge in [-0.25, -0.2) is 0 Å². The SMILES string of the molecule is COc1cc2c(cc1OCCCCCC(=O)N1C[C@@H](CCl)c3c1cc(O)c1ccccc31)N(C)C(O)[C@@H]1CCCN1C2=O. The predicted octanol–water partition coefficient (Wildman–Crippen LogP) is 5.24. The van der Waals surface area contributed by atoms with Gasteiger partial charge in [0.05, 0.1) is 36.7 Å². The van der Waals surface area contributed by atoms with Crippen LogP contribution in [0.3, 0.4) is 0 Å². The molecule has 10 heteroatoms. The molecule has 3 aromatic carbocycles.